The highest BCUT2D eigenvalue weighted by molar-refractivity contribution is 5.96. The lowest BCUT2D eigenvalue weighted by Gasteiger charge is -2.10. The molecule has 7 nitrogen and oxygen atoms in total. The lowest BCUT2D eigenvalue weighted by molar-refractivity contribution is -0.120. The summed E-state index contributed by atoms with van der Waals surface area (Å²) in [4.78, 5) is 35.9. The summed E-state index contributed by atoms with van der Waals surface area (Å²) in [5.41, 5.74) is 2.02. The number of hydrogen-bond donors (Lipinski definition) is 3. The standard InChI is InChI=1S/C23H29N3O4/c1-4-30-20-11-5-17(6-12-20)15-21(27)24-13-14-25-23(29)18-7-9-19(10-8-18)26-22(28)16(2)3/h5-12,16H,4,13-15H2,1-3H3,(H,24,27)(H,25,29)(H,26,28). The van der Waals surface area contributed by atoms with Crippen LogP contribution in [-0.4, -0.2) is 37.4 Å². The molecule has 0 heterocycles. The van der Waals surface area contributed by atoms with Crippen LogP contribution in [0.3, 0.4) is 0 Å². The molecule has 0 saturated heterocycles. The number of hydrogen-bond acceptors (Lipinski definition) is 4. The normalized spacial score (nSPS) is 10.4. The van der Waals surface area contributed by atoms with E-state index in [1.54, 1.807) is 24.3 Å². The van der Waals surface area contributed by atoms with Crippen molar-refractivity contribution in [3.05, 3.63) is 59.7 Å². The van der Waals surface area contributed by atoms with Crippen LogP contribution in [0.2, 0.25) is 0 Å². The molecule has 2 aromatic rings. The summed E-state index contributed by atoms with van der Waals surface area (Å²) >= 11 is 0. The molecule has 0 saturated carbocycles. The Morgan fingerprint density at radius 1 is 0.900 bits per heavy atom. The van der Waals surface area contributed by atoms with Crippen molar-refractivity contribution in [2.75, 3.05) is 25.0 Å². The van der Waals surface area contributed by atoms with Gasteiger partial charge >= 0.3 is 0 Å². The van der Waals surface area contributed by atoms with Gasteiger partial charge in [-0.05, 0) is 48.9 Å². The smallest absolute Gasteiger partial charge is 0.251 e. The van der Waals surface area contributed by atoms with E-state index in [9.17, 15) is 14.4 Å². The summed E-state index contributed by atoms with van der Waals surface area (Å²) < 4.78 is 5.38. The molecule has 0 bridgehead atoms. The Morgan fingerprint density at radius 3 is 2.13 bits per heavy atom. The van der Waals surface area contributed by atoms with Crippen molar-refractivity contribution in [1.82, 2.24) is 10.6 Å². The number of benzene rings is 2. The topological polar surface area (TPSA) is 96.5 Å². The third-order valence-corrected chi connectivity index (χ3v) is 4.27. The van der Waals surface area contributed by atoms with Gasteiger partial charge in [0.05, 0.1) is 13.0 Å². The maximum absolute atomic E-state index is 12.2. The predicted octanol–water partition coefficient (Wildman–Crippen LogP) is 2.77. The van der Waals surface area contributed by atoms with Crippen LogP contribution in [0.5, 0.6) is 5.75 Å². The molecule has 0 fully saturated rings. The van der Waals surface area contributed by atoms with Gasteiger partial charge in [-0.3, -0.25) is 14.4 Å². The fraction of sp³-hybridized carbons (Fsp3) is 0.348. The monoisotopic (exact) mass is 411 g/mol. The molecule has 30 heavy (non-hydrogen) atoms. The van der Waals surface area contributed by atoms with Crippen molar-refractivity contribution in [1.29, 1.82) is 0 Å². The van der Waals surface area contributed by atoms with Crippen LogP contribution in [0.25, 0.3) is 0 Å². The molecule has 0 spiro atoms. The molecule has 0 aliphatic carbocycles. The van der Waals surface area contributed by atoms with E-state index in [2.05, 4.69) is 16.0 Å². The maximum atomic E-state index is 12.2. The largest absolute Gasteiger partial charge is 0.494 e. The predicted molar refractivity (Wildman–Crippen MR) is 117 cm³/mol. The van der Waals surface area contributed by atoms with Gasteiger partial charge in [-0.25, -0.2) is 0 Å². The van der Waals surface area contributed by atoms with Crippen LogP contribution in [0.15, 0.2) is 48.5 Å². The molecule has 0 radical (unpaired) electrons. The van der Waals surface area contributed by atoms with Crippen molar-refractivity contribution in [2.24, 2.45) is 5.92 Å². The zero-order valence-corrected chi connectivity index (χ0v) is 17.7. The van der Waals surface area contributed by atoms with Crippen molar-refractivity contribution >= 4 is 23.4 Å². The molecule has 160 valence electrons. The molecule has 7 heteroatoms. The van der Waals surface area contributed by atoms with Gasteiger partial charge in [-0.2, -0.15) is 0 Å². The molecule has 0 atom stereocenters. The first-order valence-electron chi connectivity index (χ1n) is 10.1. The molecule has 0 aromatic heterocycles. The molecular weight excluding hydrogens is 382 g/mol. The van der Waals surface area contributed by atoms with Gasteiger partial charge in [0, 0.05) is 30.3 Å². The van der Waals surface area contributed by atoms with E-state index in [1.165, 1.54) is 0 Å². The first kappa shape index (κ1) is 22.9. The van der Waals surface area contributed by atoms with E-state index in [4.69, 9.17) is 4.74 Å². The van der Waals surface area contributed by atoms with E-state index in [1.807, 2.05) is 45.0 Å². The van der Waals surface area contributed by atoms with Crippen LogP contribution in [0.1, 0.15) is 36.7 Å². The number of rotatable bonds is 10. The minimum atomic E-state index is -0.238. The summed E-state index contributed by atoms with van der Waals surface area (Å²) in [5, 5.41) is 8.32. The van der Waals surface area contributed by atoms with Crippen molar-refractivity contribution in [3.63, 3.8) is 0 Å². The molecule has 2 rings (SSSR count). The molecule has 3 N–H and O–H groups in total. The van der Waals surface area contributed by atoms with Gasteiger partial charge < -0.3 is 20.7 Å². The van der Waals surface area contributed by atoms with Crippen molar-refractivity contribution in [2.45, 2.75) is 27.2 Å². The van der Waals surface area contributed by atoms with E-state index < -0.39 is 0 Å². The summed E-state index contributed by atoms with van der Waals surface area (Å²) in [6, 6.07) is 14.1. The van der Waals surface area contributed by atoms with Crippen LogP contribution in [0.4, 0.5) is 5.69 Å². The summed E-state index contributed by atoms with van der Waals surface area (Å²) in [7, 11) is 0. The number of carbonyl (C=O) groups is 3. The van der Waals surface area contributed by atoms with Crippen LogP contribution >= 0.6 is 0 Å². The van der Waals surface area contributed by atoms with Crippen molar-refractivity contribution < 1.29 is 19.1 Å². The van der Waals surface area contributed by atoms with Crippen LogP contribution in [0, 0.1) is 5.92 Å². The van der Waals surface area contributed by atoms with Gasteiger partial charge in [0.25, 0.3) is 5.91 Å². The highest BCUT2D eigenvalue weighted by Crippen LogP contribution is 2.12. The Balaban J connectivity index is 1.70. The minimum absolute atomic E-state index is 0.0758. The minimum Gasteiger partial charge on any atom is -0.494 e. The van der Waals surface area contributed by atoms with Crippen LogP contribution in [-0.2, 0) is 16.0 Å². The average Bonchev–Trinajstić information content (AvgIpc) is 2.73. The Morgan fingerprint density at radius 2 is 1.53 bits per heavy atom. The highest BCUT2D eigenvalue weighted by Gasteiger charge is 2.09. The lowest BCUT2D eigenvalue weighted by atomic mass is 10.1. The van der Waals surface area contributed by atoms with Gasteiger partial charge in [-0.1, -0.05) is 26.0 Å². The van der Waals surface area contributed by atoms with Crippen LogP contribution < -0.4 is 20.7 Å². The Bertz CT molecular complexity index is 846. The molecule has 0 unspecified atom stereocenters. The lowest BCUT2D eigenvalue weighted by Crippen LogP contribution is -2.35. The third-order valence-electron chi connectivity index (χ3n) is 4.27. The second kappa shape index (κ2) is 11.6. The van der Waals surface area contributed by atoms with Crippen molar-refractivity contribution in [3.8, 4) is 5.75 Å². The number of anilines is 1. The summed E-state index contributed by atoms with van der Waals surface area (Å²) in [5.74, 6) is 0.238. The van der Waals surface area contributed by atoms with E-state index in [-0.39, 0.29) is 30.1 Å². The zero-order chi connectivity index (χ0) is 21.9. The molecule has 3 amide bonds. The fourth-order valence-corrected chi connectivity index (χ4v) is 2.59. The number of carbonyl (C=O) groups excluding carboxylic acids is 3. The highest BCUT2D eigenvalue weighted by atomic mass is 16.5. The van der Waals surface area contributed by atoms with Gasteiger partial charge in [0.1, 0.15) is 5.75 Å². The average molecular weight is 412 g/mol. The van der Waals surface area contributed by atoms with Gasteiger partial charge in [0.2, 0.25) is 11.8 Å². The Hall–Kier alpha value is -3.35. The molecule has 0 aliphatic rings. The first-order chi connectivity index (χ1) is 14.4. The Labute approximate surface area is 177 Å². The maximum Gasteiger partial charge on any atom is 0.251 e. The molecule has 0 aliphatic heterocycles. The van der Waals surface area contributed by atoms with E-state index >= 15 is 0 Å². The fourth-order valence-electron chi connectivity index (χ4n) is 2.59. The second-order valence-electron chi connectivity index (χ2n) is 7.08. The Kier molecular flexibility index (Phi) is 8.87. The SMILES string of the molecule is CCOc1ccc(CC(=O)NCCNC(=O)c2ccc(NC(=O)C(C)C)cc2)cc1. The van der Waals surface area contributed by atoms with Gasteiger partial charge in [0.15, 0.2) is 0 Å². The number of amides is 3. The van der Waals surface area contributed by atoms with E-state index in [0.29, 0.717) is 30.9 Å². The number of nitrogens with one attached hydrogen (secondary N) is 3. The van der Waals surface area contributed by atoms with Gasteiger partial charge in [-0.15, -0.1) is 0 Å². The number of ether oxygens (including phenoxy) is 1. The quantitative estimate of drug-likeness (QED) is 0.524. The summed E-state index contributed by atoms with van der Waals surface area (Å²) in [6.07, 6.45) is 0.268. The summed E-state index contributed by atoms with van der Waals surface area (Å²) in [6.45, 7) is 6.80. The third kappa shape index (κ3) is 7.58. The first-order valence-corrected chi connectivity index (χ1v) is 10.1. The molecular formula is C23H29N3O4. The zero-order valence-electron chi connectivity index (χ0n) is 17.7. The second-order valence-corrected chi connectivity index (χ2v) is 7.08. The molecule has 2 aromatic carbocycles. The van der Waals surface area contributed by atoms with E-state index in [0.717, 1.165) is 11.3 Å².